The fraction of sp³-hybridized carbons (Fsp3) is 0.571. The Morgan fingerprint density at radius 3 is 2.67 bits per heavy atom. The van der Waals surface area contributed by atoms with Crippen molar-refractivity contribution in [1.29, 1.82) is 0 Å². The lowest BCUT2D eigenvalue weighted by Crippen LogP contribution is -2.36. The molecule has 1 rings (SSSR count). The van der Waals surface area contributed by atoms with Crippen LogP contribution in [0.4, 0.5) is 0 Å². The van der Waals surface area contributed by atoms with Gasteiger partial charge in [-0.05, 0) is 24.1 Å². The summed E-state index contributed by atoms with van der Waals surface area (Å²) in [6.45, 7) is 2.00. The second-order valence-electron chi connectivity index (χ2n) is 4.98. The van der Waals surface area contributed by atoms with Crippen molar-refractivity contribution in [3.8, 4) is 0 Å². The molecule has 6 nitrogen and oxygen atoms in total. The summed E-state index contributed by atoms with van der Waals surface area (Å²) in [5, 5.41) is 9.66. The van der Waals surface area contributed by atoms with Crippen molar-refractivity contribution in [1.82, 2.24) is 4.31 Å². The molecule has 0 radical (unpaired) electrons. The Kier molecular flexibility index (Phi) is 6.76. The lowest BCUT2D eigenvalue weighted by molar-refractivity contribution is 0.0554. The fourth-order valence-electron chi connectivity index (χ4n) is 1.96. The summed E-state index contributed by atoms with van der Waals surface area (Å²) < 4.78 is 30.9. The molecule has 0 aliphatic carbocycles. The highest BCUT2D eigenvalue weighted by Crippen LogP contribution is 2.20. The number of methoxy groups -OCH3 is 1. The first-order chi connectivity index (χ1) is 9.82. The van der Waals surface area contributed by atoms with Gasteiger partial charge in [0.1, 0.15) is 0 Å². The Balaban J connectivity index is 2.96. The molecule has 21 heavy (non-hydrogen) atoms. The third-order valence-corrected chi connectivity index (χ3v) is 5.08. The highest BCUT2D eigenvalue weighted by atomic mass is 32.2. The van der Waals surface area contributed by atoms with Crippen LogP contribution in [-0.4, -0.2) is 51.2 Å². The zero-order valence-electron chi connectivity index (χ0n) is 12.7. The zero-order chi connectivity index (χ0) is 16.0. The van der Waals surface area contributed by atoms with Gasteiger partial charge in [-0.2, -0.15) is 4.31 Å². The van der Waals surface area contributed by atoms with Crippen LogP contribution in [0.25, 0.3) is 0 Å². The number of aliphatic hydroxyl groups excluding tert-OH is 1. The molecule has 120 valence electrons. The maximum Gasteiger partial charge on any atom is 0.242 e. The van der Waals surface area contributed by atoms with Crippen LogP contribution in [0.15, 0.2) is 29.2 Å². The Labute approximate surface area is 126 Å². The summed E-state index contributed by atoms with van der Waals surface area (Å²) in [5.74, 6) is 0. The van der Waals surface area contributed by atoms with Crippen LogP contribution in [0.5, 0.6) is 0 Å². The molecule has 7 heteroatoms. The van der Waals surface area contributed by atoms with Crippen molar-refractivity contribution in [3.63, 3.8) is 0 Å². The van der Waals surface area contributed by atoms with Crippen molar-refractivity contribution in [2.75, 3.05) is 27.3 Å². The molecule has 0 heterocycles. The van der Waals surface area contributed by atoms with Gasteiger partial charge in [-0.15, -0.1) is 0 Å². The van der Waals surface area contributed by atoms with E-state index in [4.69, 9.17) is 10.5 Å². The molecule has 0 aliphatic rings. The van der Waals surface area contributed by atoms with E-state index in [-0.39, 0.29) is 24.1 Å². The third kappa shape index (κ3) is 4.76. The number of aliphatic hydroxyl groups is 1. The monoisotopic (exact) mass is 316 g/mol. The van der Waals surface area contributed by atoms with Gasteiger partial charge in [-0.25, -0.2) is 8.42 Å². The lowest BCUT2D eigenvalue weighted by atomic mass is 10.1. The quantitative estimate of drug-likeness (QED) is 0.737. The van der Waals surface area contributed by atoms with Gasteiger partial charge >= 0.3 is 0 Å². The number of ether oxygens (including phenoxy) is 1. The van der Waals surface area contributed by atoms with Crippen molar-refractivity contribution in [2.45, 2.75) is 30.4 Å². The molecule has 0 aliphatic heterocycles. The van der Waals surface area contributed by atoms with E-state index in [0.29, 0.717) is 0 Å². The summed E-state index contributed by atoms with van der Waals surface area (Å²) in [5.41, 5.74) is 6.72. The van der Waals surface area contributed by atoms with E-state index in [1.54, 1.807) is 12.1 Å². The molecule has 0 spiro atoms. The van der Waals surface area contributed by atoms with Gasteiger partial charge in [0.25, 0.3) is 0 Å². The topological polar surface area (TPSA) is 92.9 Å². The molecule has 0 bridgehead atoms. The number of rotatable bonds is 8. The van der Waals surface area contributed by atoms with Gasteiger partial charge in [0.15, 0.2) is 0 Å². The SMILES string of the molecule is CCC(N)c1cccc(S(=O)(=O)N(C)CC(O)COC)c1. The molecule has 3 N–H and O–H groups in total. The van der Waals surface area contributed by atoms with Crippen LogP contribution in [0.2, 0.25) is 0 Å². The molecule has 0 saturated carbocycles. The average Bonchev–Trinajstić information content (AvgIpc) is 2.46. The van der Waals surface area contributed by atoms with E-state index in [9.17, 15) is 13.5 Å². The normalized spacial score (nSPS) is 15.1. The molecule has 1 aromatic rings. The summed E-state index contributed by atoms with van der Waals surface area (Å²) in [6, 6.07) is 6.41. The smallest absolute Gasteiger partial charge is 0.242 e. The number of nitrogens with zero attached hydrogens (tertiary/aromatic N) is 1. The van der Waals surface area contributed by atoms with E-state index in [1.807, 2.05) is 13.0 Å². The van der Waals surface area contributed by atoms with E-state index in [1.165, 1.54) is 20.2 Å². The number of likely N-dealkylation sites (N-methyl/N-ethyl adjacent to an activating group) is 1. The van der Waals surface area contributed by atoms with Crippen LogP contribution >= 0.6 is 0 Å². The van der Waals surface area contributed by atoms with Crippen molar-refractivity contribution >= 4 is 10.0 Å². The molecule has 0 amide bonds. The highest BCUT2D eigenvalue weighted by Gasteiger charge is 2.23. The second-order valence-corrected chi connectivity index (χ2v) is 7.03. The van der Waals surface area contributed by atoms with Crippen molar-refractivity contribution in [2.24, 2.45) is 5.73 Å². The standard InChI is InChI=1S/C14H24N2O4S/c1-4-14(15)11-6-5-7-13(8-11)21(18,19)16(2)9-12(17)10-20-3/h5-8,12,14,17H,4,9-10,15H2,1-3H3. The molecule has 0 fully saturated rings. The minimum absolute atomic E-state index is 0.0275. The fourth-order valence-corrected chi connectivity index (χ4v) is 3.23. The van der Waals surface area contributed by atoms with Crippen LogP contribution in [-0.2, 0) is 14.8 Å². The summed E-state index contributed by atoms with van der Waals surface area (Å²) >= 11 is 0. The molecular weight excluding hydrogens is 292 g/mol. The third-order valence-electron chi connectivity index (χ3n) is 3.26. The number of hydrogen-bond donors (Lipinski definition) is 2. The van der Waals surface area contributed by atoms with E-state index >= 15 is 0 Å². The summed E-state index contributed by atoms with van der Waals surface area (Å²) in [4.78, 5) is 0.177. The minimum Gasteiger partial charge on any atom is -0.389 e. The predicted molar refractivity (Wildman–Crippen MR) is 81.4 cm³/mol. The maximum absolute atomic E-state index is 12.5. The Morgan fingerprint density at radius 2 is 2.10 bits per heavy atom. The van der Waals surface area contributed by atoms with Crippen LogP contribution in [0.1, 0.15) is 24.9 Å². The molecular formula is C14H24N2O4S. The second kappa shape index (κ2) is 7.86. The first kappa shape index (κ1) is 18.1. The first-order valence-corrected chi connectivity index (χ1v) is 8.25. The van der Waals surface area contributed by atoms with Gasteiger partial charge in [0, 0.05) is 26.7 Å². The van der Waals surface area contributed by atoms with Gasteiger partial charge in [-0.1, -0.05) is 19.1 Å². The van der Waals surface area contributed by atoms with Crippen LogP contribution in [0.3, 0.4) is 0 Å². The predicted octanol–water partition coefficient (Wildman–Crippen LogP) is 0.724. The minimum atomic E-state index is -3.65. The Morgan fingerprint density at radius 1 is 1.43 bits per heavy atom. The summed E-state index contributed by atoms with van der Waals surface area (Å²) in [7, 11) is -0.771. The Bertz CT molecular complexity index is 548. The molecule has 0 aromatic heterocycles. The first-order valence-electron chi connectivity index (χ1n) is 6.81. The zero-order valence-corrected chi connectivity index (χ0v) is 13.5. The average molecular weight is 316 g/mol. The number of benzene rings is 1. The largest absolute Gasteiger partial charge is 0.389 e. The molecule has 2 atom stereocenters. The Hall–Kier alpha value is -0.990. The van der Waals surface area contributed by atoms with Gasteiger partial charge in [0.2, 0.25) is 10.0 Å². The molecule has 1 aromatic carbocycles. The van der Waals surface area contributed by atoms with Crippen molar-refractivity contribution < 1.29 is 18.3 Å². The van der Waals surface area contributed by atoms with Gasteiger partial charge in [0.05, 0.1) is 17.6 Å². The summed E-state index contributed by atoms with van der Waals surface area (Å²) in [6.07, 6.45) is -0.137. The number of sulfonamides is 1. The highest BCUT2D eigenvalue weighted by molar-refractivity contribution is 7.89. The van der Waals surface area contributed by atoms with E-state index < -0.39 is 16.1 Å². The van der Waals surface area contributed by atoms with E-state index in [2.05, 4.69) is 0 Å². The van der Waals surface area contributed by atoms with Crippen LogP contribution in [0, 0.1) is 0 Å². The van der Waals surface area contributed by atoms with Gasteiger partial charge < -0.3 is 15.6 Å². The van der Waals surface area contributed by atoms with Crippen LogP contribution < -0.4 is 5.73 Å². The lowest BCUT2D eigenvalue weighted by Gasteiger charge is -2.21. The molecule has 2 unspecified atom stereocenters. The van der Waals surface area contributed by atoms with E-state index in [0.717, 1.165) is 16.3 Å². The maximum atomic E-state index is 12.5. The molecule has 0 saturated heterocycles. The van der Waals surface area contributed by atoms with Crippen molar-refractivity contribution in [3.05, 3.63) is 29.8 Å². The number of hydrogen-bond acceptors (Lipinski definition) is 5. The van der Waals surface area contributed by atoms with Gasteiger partial charge in [-0.3, -0.25) is 0 Å². The number of nitrogens with two attached hydrogens (primary N) is 1.